The minimum Gasteiger partial charge on any atom is -0.392 e. The summed E-state index contributed by atoms with van der Waals surface area (Å²) in [7, 11) is 3.30. The third kappa shape index (κ3) is 11.4. The normalized spacial score (nSPS) is 10.8. The van der Waals surface area contributed by atoms with Gasteiger partial charge in [-0.05, 0) is 6.92 Å². The van der Waals surface area contributed by atoms with E-state index in [9.17, 15) is 14.4 Å². The molecule has 0 aromatic heterocycles. The van der Waals surface area contributed by atoms with Crippen molar-refractivity contribution < 1.29 is 19.5 Å². The molecule has 19 heavy (non-hydrogen) atoms. The summed E-state index contributed by atoms with van der Waals surface area (Å²) in [6, 6.07) is 0. The van der Waals surface area contributed by atoms with E-state index in [2.05, 4.69) is 0 Å². The molecule has 1 atom stereocenters. The number of hydrogen-bond acceptors (Lipinski definition) is 4. The molecule has 0 heterocycles. The molecule has 0 saturated carbocycles. The van der Waals surface area contributed by atoms with Crippen molar-refractivity contribution in [2.75, 3.05) is 27.2 Å². The Hall–Kier alpha value is -1.43. The van der Waals surface area contributed by atoms with E-state index < -0.39 is 6.10 Å². The Morgan fingerprint density at radius 2 is 1.53 bits per heavy atom. The molecular weight excluding hydrogens is 248 g/mol. The second-order valence-corrected chi connectivity index (χ2v) is 4.27. The van der Waals surface area contributed by atoms with Gasteiger partial charge in [0.25, 0.3) is 0 Å². The molecule has 0 spiro atoms. The fourth-order valence-corrected chi connectivity index (χ4v) is 1.25. The molecule has 0 saturated heterocycles. The summed E-state index contributed by atoms with van der Waals surface area (Å²) >= 11 is 0. The summed E-state index contributed by atoms with van der Waals surface area (Å²) in [6.45, 7) is 5.86. The molecule has 6 nitrogen and oxygen atoms in total. The lowest BCUT2D eigenvalue weighted by Gasteiger charge is -2.17. The lowest BCUT2D eigenvalue weighted by molar-refractivity contribution is -0.131. The van der Waals surface area contributed by atoms with Crippen LogP contribution in [-0.2, 0) is 14.4 Å². The highest BCUT2D eigenvalue weighted by atomic mass is 16.3. The SMILES string of the molecule is CCC(=O)N(C)CC(C)O.CCC(=O)N(C)CC=O. The molecule has 0 aliphatic carbocycles. The van der Waals surface area contributed by atoms with Gasteiger partial charge >= 0.3 is 0 Å². The van der Waals surface area contributed by atoms with Crippen LogP contribution in [-0.4, -0.2) is 66.3 Å². The van der Waals surface area contributed by atoms with E-state index in [1.54, 1.807) is 34.9 Å². The van der Waals surface area contributed by atoms with Gasteiger partial charge in [0.05, 0.1) is 12.6 Å². The topological polar surface area (TPSA) is 77.9 Å². The van der Waals surface area contributed by atoms with Crippen molar-refractivity contribution in [1.82, 2.24) is 9.80 Å². The van der Waals surface area contributed by atoms with E-state index >= 15 is 0 Å². The fourth-order valence-electron chi connectivity index (χ4n) is 1.25. The van der Waals surface area contributed by atoms with Crippen molar-refractivity contribution in [1.29, 1.82) is 0 Å². The van der Waals surface area contributed by atoms with Gasteiger partial charge in [0, 0.05) is 33.5 Å². The van der Waals surface area contributed by atoms with Gasteiger partial charge in [-0.3, -0.25) is 9.59 Å². The number of aldehydes is 1. The van der Waals surface area contributed by atoms with Gasteiger partial charge in [-0.1, -0.05) is 13.8 Å². The zero-order valence-electron chi connectivity index (χ0n) is 12.5. The van der Waals surface area contributed by atoms with E-state index in [4.69, 9.17) is 5.11 Å². The summed E-state index contributed by atoms with van der Waals surface area (Å²) in [4.78, 5) is 34.3. The van der Waals surface area contributed by atoms with Crippen molar-refractivity contribution in [3.05, 3.63) is 0 Å². The first-order valence-electron chi connectivity index (χ1n) is 6.39. The summed E-state index contributed by atoms with van der Waals surface area (Å²) in [6.07, 6.45) is 1.25. The van der Waals surface area contributed by atoms with Crippen LogP contribution in [0.1, 0.15) is 33.6 Å². The molecule has 0 aliphatic heterocycles. The molecule has 0 radical (unpaired) electrons. The van der Waals surface area contributed by atoms with Crippen molar-refractivity contribution >= 4 is 18.1 Å². The quantitative estimate of drug-likeness (QED) is 0.706. The Labute approximate surface area is 115 Å². The Morgan fingerprint density at radius 3 is 1.84 bits per heavy atom. The smallest absolute Gasteiger partial charge is 0.222 e. The number of carbonyl (C=O) groups is 3. The van der Waals surface area contributed by atoms with Gasteiger partial charge in [-0.15, -0.1) is 0 Å². The Bertz CT molecular complexity index is 280. The monoisotopic (exact) mass is 274 g/mol. The molecule has 0 aliphatic rings. The maximum Gasteiger partial charge on any atom is 0.222 e. The average molecular weight is 274 g/mol. The van der Waals surface area contributed by atoms with E-state index in [1.165, 1.54) is 9.80 Å². The van der Waals surface area contributed by atoms with E-state index in [0.717, 1.165) is 0 Å². The first-order valence-corrected chi connectivity index (χ1v) is 6.39. The molecule has 0 rings (SSSR count). The predicted molar refractivity (Wildman–Crippen MR) is 73.6 cm³/mol. The maximum absolute atomic E-state index is 10.9. The lowest BCUT2D eigenvalue weighted by Crippen LogP contribution is -2.32. The summed E-state index contributed by atoms with van der Waals surface area (Å²) in [5.41, 5.74) is 0. The molecule has 6 heteroatoms. The van der Waals surface area contributed by atoms with Gasteiger partial charge in [0.1, 0.15) is 6.29 Å². The molecule has 0 fully saturated rings. The molecule has 0 bridgehead atoms. The van der Waals surface area contributed by atoms with E-state index in [1.807, 2.05) is 0 Å². The van der Waals surface area contributed by atoms with Crippen molar-refractivity contribution in [2.45, 2.75) is 39.7 Å². The van der Waals surface area contributed by atoms with Crippen molar-refractivity contribution in [2.24, 2.45) is 0 Å². The van der Waals surface area contributed by atoms with Crippen LogP contribution in [0.15, 0.2) is 0 Å². The third-order valence-corrected chi connectivity index (χ3v) is 2.34. The fraction of sp³-hybridized carbons (Fsp3) is 0.769. The van der Waals surface area contributed by atoms with Crippen LogP contribution in [0.2, 0.25) is 0 Å². The second kappa shape index (κ2) is 11.6. The van der Waals surface area contributed by atoms with Crippen LogP contribution in [0.3, 0.4) is 0 Å². The number of carbonyl (C=O) groups excluding carboxylic acids is 3. The Balaban J connectivity index is 0. The van der Waals surface area contributed by atoms with Crippen LogP contribution >= 0.6 is 0 Å². The van der Waals surface area contributed by atoms with Crippen LogP contribution in [0.25, 0.3) is 0 Å². The number of nitrogens with zero attached hydrogens (tertiary/aromatic N) is 2. The maximum atomic E-state index is 10.9. The zero-order valence-corrected chi connectivity index (χ0v) is 12.5. The summed E-state index contributed by atoms with van der Waals surface area (Å²) < 4.78 is 0. The molecule has 0 aromatic rings. The molecular formula is C13H26N2O4. The van der Waals surface area contributed by atoms with Crippen LogP contribution < -0.4 is 0 Å². The standard InChI is InChI=1S/C7H15NO2.C6H11NO2/c1-4-7(10)8(3)5-6(2)9;1-3-6(9)7(2)4-5-8/h6,9H,4-5H2,1-3H3;5H,3-4H2,1-2H3. The van der Waals surface area contributed by atoms with Crippen LogP contribution in [0.4, 0.5) is 0 Å². The first kappa shape index (κ1) is 19.9. The minimum absolute atomic E-state index is 0.00194. The number of hydrogen-bond donors (Lipinski definition) is 1. The second-order valence-electron chi connectivity index (χ2n) is 4.27. The highest BCUT2D eigenvalue weighted by molar-refractivity contribution is 5.77. The number of aliphatic hydroxyl groups is 1. The van der Waals surface area contributed by atoms with Crippen molar-refractivity contribution in [3.8, 4) is 0 Å². The molecule has 1 unspecified atom stereocenters. The number of likely N-dealkylation sites (N-methyl/N-ethyl adjacent to an activating group) is 2. The average Bonchev–Trinajstić information content (AvgIpc) is 2.36. The molecule has 1 N–H and O–H groups in total. The number of rotatable bonds is 6. The van der Waals surface area contributed by atoms with Crippen molar-refractivity contribution in [3.63, 3.8) is 0 Å². The summed E-state index contributed by atoms with van der Waals surface area (Å²) in [5, 5.41) is 8.87. The Kier molecular flexibility index (Phi) is 12.2. The summed E-state index contributed by atoms with van der Waals surface area (Å²) in [5.74, 6) is 0.0722. The molecule has 0 aromatic carbocycles. The van der Waals surface area contributed by atoms with Gasteiger partial charge < -0.3 is 19.7 Å². The molecule has 2 amide bonds. The predicted octanol–water partition coefficient (Wildman–Crippen LogP) is 0.289. The largest absolute Gasteiger partial charge is 0.392 e. The minimum atomic E-state index is -0.430. The van der Waals surface area contributed by atoms with Gasteiger partial charge in [0.15, 0.2) is 0 Å². The van der Waals surface area contributed by atoms with Gasteiger partial charge in [0.2, 0.25) is 11.8 Å². The van der Waals surface area contributed by atoms with Gasteiger partial charge in [-0.2, -0.15) is 0 Å². The highest BCUT2D eigenvalue weighted by Gasteiger charge is 2.07. The van der Waals surface area contributed by atoms with E-state index in [-0.39, 0.29) is 18.4 Å². The third-order valence-electron chi connectivity index (χ3n) is 2.34. The zero-order chi connectivity index (χ0) is 15.4. The highest BCUT2D eigenvalue weighted by Crippen LogP contribution is 1.91. The van der Waals surface area contributed by atoms with Crippen LogP contribution in [0, 0.1) is 0 Å². The lowest BCUT2D eigenvalue weighted by atomic mass is 10.3. The number of amides is 2. The van der Waals surface area contributed by atoms with Gasteiger partial charge in [-0.25, -0.2) is 0 Å². The number of aliphatic hydroxyl groups excluding tert-OH is 1. The molecule has 112 valence electrons. The van der Waals surface area contributed by atoms with E-state index in [0.29, 0.717) is 25.7 Å². The Morgan fingerprint density at radius 1 is 1.11 bits per heavy atom. The van der Waals surface area contributed by atoms with Crippen LogP contribution in [0.5, 0.6) is 0 Å². The first-order chi connectivity index (χ1) is 8.79.